The van der Waals surface area contributed by atoms with Gasteiger partial charge in [0.2, 0.25) is 0 Å². The molecule has 25 heavy (non-hydrogen) atoms. The van der Waals surface area contributed by atoms with Crippen LogP contribution in [0.3, 0.4) is 0 Å². The van der Waals surface area contributed by atoms with E-state index in [9.17, 15) is 9.13 Å². The van der Waals surface area contributed by atoms with Crippen LogP contribution in [0.1, 0.15) is 17.5 Å². The molecule has 0 bridgehead atoms. The Bertz CT molecular complexity index is 829. The number of hydrogen-bond donors (Lipinski definition) is 4. The first kappa shape index (κ1) is 19.8. The molecule has 134 valence electrons. The number of allylic oxidation sites excluding steroid dienone is 1. The predicted molar refractivity (Wildman–Crippen MR) is 98.1 cm³/mol. The highest BCUT2D eigenvalue weighted by atomic mass is 31.2. The first-order valence-electron chi connectivity index (χ1n) is 7.52. The zero-order valence-electron chi connectivity index (χ0n) is 13.6. The fraction of sp³-hybridized carbons (Fsp3) is 0.176. The second-order valence-electron chi connectivity index (χ2n) is 5.73. The minimum Gasteiger partial charge on any atom is -0.324 e. The molecule has 0 fully saturated rings. The van der Waals surface area contributed by atoms with Crippen LogP contribution in [-0.4, -0.2) is 25.0 Å². The summed E-state index contributed by atoms with van der Waals surface area (Å²) in [5.74, 6) is 0. The highest BCUT2D eigenvalue weighted by molar-refractivity contribution is 7.70. The molecule has 0 aliphatic rings. The molecule has 6 nitrogen and oxygen atoms in total. The van der Waals surface area contributed by atoms with Crippen molar-refractivity contribution in [3.8, 4) is 11.1 Å². The Hall–Kier alpha value is -1.52. The van der Waals surface area contributed by atoms with Crippen molar-refractivity contribution in [2.45, 2.75) is 18.7 Å². The molecule has 0 amide bonds. The van der Waals surface area contributed by atoms with E-state index in [4.69, 9.17) is 19.6 Å². The van der Waals surface area contributed by atoms with E-state index in [1.165, 1.54) is 6.08 Å². The number of benzene rings is 2. The van der Waals surface area contributed by atoms with Gasteiger partial charge in [-0.2, -0.15) is 0 Å². The fourth-order valence-electron chi connectivity index (χ4n) is 2.46. The summed E-state index contributed by atoms with van der Waals surface area (Å²) in [6.45, 7) is 1.90. The highest BCUT2D eigenvalue weighted by Crippen LogP contribution is 2.61. The average Bonchev–Trinajstić information content (AvgIpc) is 2.51. The summed E-state index contributed by atoms with van der Waals surface area (Å²) in [6.07, 6.45) is 2.59. The third-order valence-electron chi connectivity index (χ3n) is 3.80. The van der Waals surface area contributed by atoms with Gasteiger partial charge in [-0.3, -0.25) is 9.13 Å². The molecule has 2 rings (SSSR count). The van der Waals surface area contributed by atoms with E-state index in [-0.39, 0.29) is 0 Å². The summed E-state index contributed by atoms with van der Waals surface area (Å²) in [5, 5.41) is -2.01. The Balaban J connectivity index is 2.19. The summed E-state index contributed by atoms with van der Waals surface area (Å²) < 4.78 is 22.5. The Labute approximate surface area is 146 Å². The minimum absolute atomic E-state index is 0.408. The van der Waals surface area contributed by atoms with Crippen LogP contribution >= 0.6 is 15.2 Å². The molecule has 0 atom stereocenters. The number of rotatable bonds is 6. The van der Waals surface area contributed by atoms with Crippen LogP contribution in [0, 0.1) is 6.92 Å². The van der Waals surface area contributed by atoms with Crippen molar-refractivity contribution in [1.82, 2.24) is 0 Å². The van der Waals surface area contributed by atoms with Gasteiger partial charge >= 0.3 is 15.2 Å². The lowest BCUT2D eigenvalue weighted by Gasteiger charge is -2.17. The van der Waals surface area contributed by atoms with Gasteiger partial charge in [-0.25, -0.2) is 0 Å². The summed E-state index contributed by atoms with van der Waals surface area (Å²) in [6, 6.07) is 15.6. The van der Waals surface area contributed by atoms with Crippen molar-refractivity contribution in [3.63, 3.8) is 0 Å². The van der Waals surface area contributed by atoms with Gasteiger partial charge in [0.15, 0.2) is 5.40 Å². The van der Waals surface area contributed by atoms with Gasteiger partial charge < -0.3 is 19.6 Å². The molecule has 0 aliphatic heterocycles. The monoisotopic (exact) mass is 382 g/mol. The number of hydrogen-bond acceptors (Lipinski definition) is 2. The van der Waals surface area contributed by atoms with E-state index < -0.39 is 27.0 Å². The van der Waals surface area contributed by atoms with Gasteiger partial charge in [0.05, 0.1) is 0 Å². The van der Waals surface area contributed by atoms with Crippen LogP contribution in [0.2, 0.25) is 0 Å². The molecule has 2 aromatic rings. The second-order valence-corrected chi connectivity index (χ2v) is 9.74. The molecular weight excluding hydrogens is 362 g/mol. The first-order chi connectivity index (χ1) is 11.6. The largest absolute Gasteiger partial charge is 0.341 e. The van der Waals surface area contributed by atoms with Crippen LogP contribution in [-0.2, 0) is 9.13 Å². The van der Waals surface area contributed by atoms with E-state index in [1.54, 1.807) is 6.08 Å². The molecular formula is C17H20O6P2. The van der Waals surface area contributed by atoms with Crippen molar-refractivity contribution >= 4 is 21.3 Å². The molecule has 0 radical (unpaired) electrons. The van der Waals surface area contributed by atoms with Crippen LogP contribution in [0.25, 0.3) is 17.2 Å². The molecule has 0 aromatic heterocycles. The van der Waals surface area contributed by atoms with E-state index in [0.717, 1.165) is 22.3 Å². The van der Waals surface area contributed by atoms with Gasteiger partial charge in [-0.05, 0) is 35.6 Å². The summed E-state index contributed by atoms with van der Waals surface area (Å²) in [5.41, 5.74) is 3.87. The topological polar surface area (TPSA) is 115 Å². The molecule has 8 heteroatoms. The smallest absolute Gasteiger partial charge is 0.324 e. The lowest BCUT2D eigenvalue weighted by Crippen LogP contribution is -2.07. The van der Waals surface area contributed by atoms with Crippen molar-refractivity contribution < 1.29 is 28.7 Å². The zero-order chi connectivity index (χ0) is 18.7. The van der Waals surface area contributed by atoms with E-state index in [0.29, 0.717) is 0 Å². The molecule has 0 heterocycles. The van der Waals surface area contributed by atoms with E-state index in [1.807, 2.05) is 55.5 Å². The van der Waals surface area contributed by atoms with Gasteiger partial charge in [0.1, 0.15) is 0 Å². The Morgan fingerprint density at radius 2 is 1.52 bits per heavy atom. The molecule has 2 aromatic carbocycles. The van der Waals surface area contributed by atoms with Gasteiger partial charge in [0.25, 0.3) is 0 Å². The molecule has 0 aliphatic carbocycles. The maximum absolute atomic E-state index is 11.3. The number of aryl methyl sites for hydroxylation is 1. The summed E-state index contributed by atoms with van der Waals surface area (Å²) in [7, 11) is -9.79. The van der Waals surface area contributed by atoms with Crippen molar-refractivity contribution in [1.29, 1.82) is 0 Å². The summed E-state index contributed by atoms with van der Waals surface area (Å²) >= 11 is 0. The lowest BCUT2D eigenvalue weighted by molar-refractivity contribution is 0.339. The van der Waals surface area contributed by atoms with Crippen LogP contribution in [0.15, 0.2) is 54.6 Å². The van der Waals surface area contributed by atoms with Gasteiger partial charge in [-0.1, -0.05) is 60.7 Å². The van der Waals surface area contributed by atoms with Crippen LogP contribution in [0.5, 0.6) is 0 Å². The van der Waals surface area contributed by atoms with Crippen molar-refractivity contribution in [2.75, 3.05) is 0 Å². The average molecular weight is 382 g/mol. The predicted octanol–water partition coefficient (Wildman–Crippen LogP) is 3.75. The van der Waals surface area contributed by atoms with E-state index in [2.05, 4.69) is 0 Å². The maximum atomic E-state index is 11.3. The van der Waals surface area contributed by atoms with Crippen LogP contribution in [0.4, 0.5) is 0 Å². The minimum atomic E-state index is -4.89. The zero-order valence-corrected chi connectivity index (χ0v) is 15.3. The maximum Gasteiger partial charge on any atom is 0.341 e. The molecule has 0 spiro atoms. The Kier molecular flexibility index (Phi) is 6.17. The molecule has 0 unspecified atom stereocenters. The third kappa shape index (κ3) is 5.48. The Morgan fingerprint density at radius 1 is 0.920 bits per heavy atom. The standard InChI is InChI=1S/C17H20O6P2/c1-13-12-16(15-6-3-2-4-7-15)11-10-14(13)8-5-9-17(24(18,19)20)25(21,22)23/h2-8,10-12,17H,9H2,1H3,(H2,18,19,20)(H2,21,22,23). The normalized spacial score (nSPS) is 12.9. The SMILES string of the molecule is Cc1cc(-c2ccccc2)ccc1C=CCC(P(=O)(O)O)P(=O)(O)O. The molecule has 4 N–H and O–H groups in total. The highest BCUT2D eigenvalue weighted by Gasteiger charge is 2.42. The summed E-state index contributed by atoms with van der Waals surface area (Å²) in [4.78, 5) is 36.4. The fourth-order valence-corrected chi connectivity index (χ4v) is 4.82. The first-order valence-corrected chi connectivity index (χ1v) is 10.9. The van der Waals surface area contributed by atoms with E-state index >= 15 is 0 Å². The second kappa shape index (κ2) is 7.79. The van der Waals surface area contributed by atoms with Gasteiger partial charge in [-0.15, -0.1) is 0 Å². The van der Waals surface area contributed by atoms with Crippen LogP contribution < -0.4 is 0 Å². The van der Waals surface area contributed by atoms with Crippen molar-refractivity contribution in [3.05, 3.63) is 65.7 Å². The van der Waals surface area contributed by atoms with Crippen molar-refractivity contribution in [2.24, 2.45) is 0 Å². The third-order valence-corrected chi connectivity index (χ3v) is 7.58. The lowest BCUT2D eigenvalue weighted by atomic mass is 9.99. The quantitative estimate of drug-likeness (QED) is 0.566. The van der Waals surface area contributed by atoms with Gasteiger partial charge in [0, 0.05) is 0 Å². The molecule has 0 saturated heterocycles. The molecule has 0 saturated carbocycles. The Morgan fingerprint density at radius 3 is 2.04 bits per heavy atom.